The van der Waals surface area contributed by atoms with Gasteiger partial charge >= 0.3 is 0 Å². The molecule has 0 spiro atoms. The Morgan fingerprint density at radius 2 is 1.11 bits per heavy atom. The van der Waals surface area contributed by atoms with Gasteiger partial charge < -0.3 is 10.2 Å². The lowest BCUT2D eigenvalue weighted by Gasteiger charge is -2.16. The lowest BCUT2D eigenvalue weighted by atomic mass is 9.94. The summed E-state index contributed by atoms with van der Waals surface area (Å²) in [6.45, 7) is 0. The van der Waals surface area contributed by atoms with Gasteiger partial charge in [0.2, 0.25) is 0 Å². The first kappa shape index (κ1) is 17.3. The van der Waals surface area contributed by atoms with Gasteiger partial charge in [-0.05, 0) is 57.1 Å². The van der Waals surface area contributed by atoms with Crippen molar-refractivity contribution < 1.29 is 10.2 Å². The summed E-state index contributed by atoms with van der Waals surface area (Å²) < 4.78 is 0. The number of rotatable bonds is 4. The fraction of sp³-hybridized carbons (Fsp3) is 0. The van der Waals surface area contributed by atoms with E-state index in [0.717, 1.165) is 22.3 Å². The normalized spacial score (nSPS) is 11.1. The highest BCUT2D eigenvalue weighted by Gasteiger charge is 2.13. The fourth-order valence-electron chi connectivity index (χ4n) is 3.15. The van der Waals surface area contributed by atoms with Crippen LogP contribution in [0.4, 0.5) is 0 Å². The molecule has 1 unspecified atom stereocenters. The molecule has 0 fully saturated rings. The second-order valence-corrected chi connectivity index (χ2v) is 7.68. The average molecular weight is 370 g/mol. The first-order valence-corrected chi connectivity index (χ1v) is 9.74. The van der Waals surface area contributed by atoms with Gasteiger partial charge in [0.25, 0.3) is 0 Å². The van der Waals surface area contributed by atoms with E-state index in [0.29, 0.717) is 8.58 Å². The van der Waals surface area contributed by atoms with Crippen molar-refractivity contribution in [1.82, 2.24) is 0 Å². The van der Waals surface area contributed by atoms with Crippen LogP contribution in [0.5, 0.6) is 11.5 Å². The SMILES string of the molecule is Oc1ccc(-c2cccc(Pc3ccccc3)c2-c2ccc(O)cc2)cc1. The highest BCUT2D eigenvalue weighted by atomic mass is 31.1. The molecule has 4 rings (SSSR count). The molecule has 2 nitrogen and oxygen atoms in total. The molecule has 2 N–H and O–H groups in total. The molecular formula is C24H19O2P. The van der Waals surface area contributed by atoms with E-state index < -0.39 is 0 Å². The Kier molecular flexibility index (Phi) is 4.91. The molecule has 0 aliphatic rings. The van der Waals surface area contributed by atoms with Gasteiger partial charge in [-0.1, -0.05) is 81.4 Å². The van der Waals surface area contributed by atoms with Gasteiger partial charge in [0.15, 0.2) is 0 Å². The highest BCUT2D eigenvalue weighted by Crippen LogP contribution is 2.35. The minimum Gasteiger partial charge on any atom is -0.508 e. The van der Waals surface area contributed by atoms with Crippen molar-refractivity contribution in [3.05, 3.63) is 97.1 Å². The Balaban J connectivity index is 1.89. The fourth-order valence-corrected chi connectivity index (χ4v) is 4.41. The van der Waals surface area contributed by atoms with Crippen LogP contribution in [0, 0.1) is 0 Å². The van der Waals surface area contributed by atoms with E-state index in [2.05, 4.69) is 42.5 Å². The maximum absolute atomic E-state index is 9.70. The molecule has 0 aliphatic carbocycles. The lowest BCUT2D eigenvalue weighted by molar-refractivity contribution is 0.475. The summed E-state index contributed by atoms with van der Waals surface area (Å²) in [5, 5.41) is 21.9. The lowest BCUT2D eigenvalue weighted by Crippen LogP contribution is -2.07. The Bertz CT molecular complexity index is 1040. The van der Waals surface area contributed by atoms with Gasteiger partial charge in [0.1, 0.15) is 11.5 Å². The Morgan fingerprint density at radius 3 is 1.74 bits per heavy atom. The van der Waals surface area contributed by atoms with Crippen molar-refractivity contribution in [3.63, 3.8) is 0 Å². The third-order valence-corrected chi connectivity index (χ3v) is 5.76. The van der Waals surface area contributed by atoms with Crippen molar-refractivity contribution in [2.75, 3.05) is 0 Å². The summed E-state index contributed by atoms with van der Waals surface area (Å²) >= 11 is 0. The second-order valence-electron chi connectivity index (χ2n) is 6.31. The van der Waals surface area contributed by atoms with Crippen LogP contribution in [0.2, 0.25) is 0 Å². The van der Waals surface area contributed by atoms with Gasteiger partial charge in [-0.25, -0.2) is 0 Å². The third-order valence-electron chi connectivity index (χ3n) is 4.45. The zero-order valence-electron chi connectivity index (χ0n) is 14.6. The zero-order chi connectivity index (χ0) is 18.6. The summed E-state index contributed by atoms with van der Waals surface area (Å²) in [6, 6.07) is 31.4. The van der Waals surface area contributed by atoms with Gasteiger partial charge in [-0.3, -0.25) is 0 Å². The van der Waals surface area contributed by atoms with E-state index in [1.54, 1.807) is 24.3 Å². The van der Waals surface area contributed by atoms with Crippen LogP contribution >= 0.6 is 8.58 Å². The molecule has 0 amide bonds. The quantitative estimate of drug-likeness (QED) is 0.493. The summed E-state index contributed by atoms with van der Waals surface area (Å²) in [7, 11) is 0.525. The van der Waals surface area contributed by atoms with Crippen LogP contribution in [-0.4, -0.2) is 10.2 Å². The number of phenols is 2. The molecule has 0 bridgehead atoms. The summed E-state index contributed by atoms with van der Waals surface area (Å²) in [6.07, 6.45) is 0. The number of benzene rings is 4. The first-order chi connectivity index (χ1) is 13.2. The highest BCUT2D eigenvalue weighted by molar-refractivity contribution is 7.55. The molecule has 4 aromatic carbocycles. The molecule has 3 heteroatoms. The molecule has 0 aromatic heterocycles. The molecule has 4 aromatic rings. The average Bonchev–Trinajstić information content (AvgIpc) is 2.70. The van der Waals surface area contributed by atoms with E-state index in [1.165, 1.54) is 10.6 Å². The van der Waals surface area contributed by atoms with E-state index in [-0.39, 0.29) is 11.5 Å². The molecule has 0 aliphatic heterocycles. The molecule has 27 heavy (non-hydrogen) atoms. The van der Waals surface area contributed by atoms with Crippen LogP contribution in [0.25, 0.3) is 22.3 Å². The molecule has 1 atom stereocenters. The molecule has 0 radical (unpaired) electrons. The number of phenolic OH excluding ortho intramolecular Hbond substituents is 2. The van der Waals surface area contributed by atoms with Crippen LogP contribution in [0.3, 0.4) is 0 Å². The molecule has 132 valence electrons. The van der Waals surface area contributed by atoms with Crippen LogP contribution in [-0.2, 0) is 0 Å². The largest absolute Gasteiger partial charge is 0.508 e. The molecule has 0 heterocycles. The Morgan fingerprint density at radius 1 is 0.519 bits per heavy atom. The van der Waals surface area contributed by atoms with E-state index in [1.807, 2.05) is 30.3 Å². The van der Waals surface area contributed by atoms with E-state index in [9.17, 15) is 10.2 Å². The van der Waals surface area contributed by atoms with Crippen LogP contribution in [0.15, 0.2) is 97.1 Å². The monoisotopic (exact) mass is 370 g/mol. The summed E-state index contributed by atoms with van der Waals surface area (Å²) in [4.78, 5) is 0. The minimum absolute atomic E-state index is 0.257. The van der Waals surface area contributed by atoms with Crippen LogP contribution < -0.4 is 10.6 Å². The second kappa shape index (κ2) is 7.65. The van der Waals surface area contributed by atoms with Gasteiger partial charge in [-0.2, -0.15) is 0 Å². The minimum atomic E-state index is 0.257. The predicted molar refractivity (Wildman–Crippen MR) is 115 cm³/mol. The Labute approximate surface area is 160 Å². The van der Waals surface area contributed by atoms with Gasteiger partial charge in [-0.15, -0.1) is 0 Å². The van der Waals surface area contributed by atoms with Gasteiger partial charge in [0, 0.05) is 0 Å². The van der Waals surface area contributed by atoms with Crippen LogP contribution in [0.1, 0.15) is 0 Å². The topological polar surface area (TPSA) is 40.5 Å². The molecule has 0 saturated heterocycles. The van der Waals surface area contributed by atoms with Crippen molar-refractivity contribution in [1.29, 1.82) is 0 Å². The third kappa shape index (κ3) is 3.86. The molecule has 0 saturated carbocycles. The van der Waals surface area contributed by atoms with E-state index in [4.69, 9.17) is 0 Å². The van der Waals surface area contributed by atoms with Crippen molar-refractivity contribution in [3.8, 4) is 33.8 Å². The maximum atomic E-state index is 9.70. The van der Waals surface area contributed by atoms with Crippen molar-refractivity contribution in [2.24, 2.45) is 0 Å². The van der Waals surface area contributed by atoms with Crippen molar-refractivity contribution >= 4 is 19.2 Å². The van der Waals surface area contributed by atoms with E-state index >= 15 is 0 Å². The predicted octanol–water partition coefficient (Wildman–Crippen LogP) is 5.06. The zero-order valence-corrected chi connectivity index (χ0v) is 15.6. The number of aromatic hydroxyl groups is 2. The van der Waals surface area contributed by atoms with Gasteiger partial charge in [0.05, 0.1) is 0 Å². The van der Waals surface area contributed by atoms with Crippen molar-refractivity contribution in [2.45, 2.75) is 0 Å². The summed E-state index contributed by atoms with van der Waals surface area (Å²) in [5.74, 6) is 0.514. The molecular weight excluding hydrogens is 351 g/mol. The number of hydrogen-bond acceptors (Lipinski definition) is 2. The standard InChI is InChI=1S/C24H19O2P/c25-19-13-9-17(10-14-19)22-7-4-8-23(27-21-5-2-1-3-6-21)24(22)18-11-15-20(26)16-12-18/h1-16,25-27H. The summed E-state index contributed by atoms with van der Waals surface area (Å²) in [5.41, 5.74) is 4.39. The first-order valence-electron chi connectivity index (χ1n) is 8.74. The number of hydrogen-bond donors (Lipinski definition) is 2. The maximum Gasteiger partial charge on any atom is 0.115 e. The smallest absolute Gasteiger partial charge is 0.115 e. The Hall–Kier alpha value is -3.09.